The van der Waals surface area contributed by atoms with E-state index in [-0.39, 0.29) is 18.3 Å². The Kier molecular flexibility index (Phi) is 8.77. The SMILES string of the molecule is CCOC(=O)CCN(CCN1CCOCC1)C(=O)C=C(C)C. The van der Waals surface area contributed by atoms with E-state index >= 15 is 0 Å². The lowest BCUT2D eigenvalue weighted by Crippen LogP contribution is -2.43. The number of hydrogen-bond donors (Lipinski definition) is 0. The van der Waals surface area contributed by atoms with Crippen LogP contribution in [0.3, 0.4) is 0 Å². The van der Waals surface area contributed by atoms with Crippen molar-refractivity contribution in [2.24, 2.45) is 0 Å². The first-order valence-electron chi connectivity index (χ1n) is 7.92. The quantitative estimate of drug-likeness (QED) is 0.495. The number of carbonyl (C=O) groups excluding carboxylic acids is 2. The Morgan fingerprint density at radius 1 is 1.23 bits per heavy atom. The number of hydrogen-bond acceptors (Lipinski definition) is 5. The van der Waals surface area contributed by atoms with Crippen molar-refractivity contribution >= 4 is 11.9 Å². The lowest BCUT2D eigenvalue weighted by atomic mass is 10.2. The van der Waals surface area contributed by atoms with Gasteiger partial charge in [-0.25, -0.2) is 0 Å². The molecular weight excluding hydrogens is 284 g/mol. The van der Waals surface area contributed by atoms with E-state index in [1.54, 1.807) is 17.9 Å². The maximum Gasteiger partial charge on any atom is 0.307 e. The summed E-state index contributed by atoms with van der Waals surface area (Å²) in [5, 5.41) is 0. The molecule has 1 fully saturated rings. The molecule has 0 aromatic heterocycles. The number of morpholine rings is 1. The van der Waals surface area contributed by atoms with Crippen molar-refractivity contribution in [2.45, 2.75) is 27.2 Å². The van der Waals surface area contributed by atoms with Crippen molar-refractivity contribution in [2.75, 3.05) is 52.5 Å². The van der Waals surface area contributed by atoms with Gasteiger partial charge in [-0.2, -0.15) is 0 Å². The molecule has 0 atom stereocenters. The summed E-state index contributed by atoms with van der Waals surface area (Å²) in [4.78, 5) is 27.7. The van der Waals surface area contributed by atoms with E-state index in [0.717, 1.165) is 38.4 Å². The van der Waals surface area contributed by atoms with Crippen LogP contribution in [0.25, 0.3) is 0 Å². The predicted octanol–water partition coefficient (Wildman–Crippen LogP) is 1.07. The molecule has 0 aromatic carbocycles. The topological polar surface area (TPSA) is 59.1 Å². The van der Waals surface area contributed by atoms with Gasteiger partial charge in [-0.1, -0.05) is 5.57 Å². The second-order valence-corrected chi connectivity index (χ2v) is 5.56. The number of rotatable bonds is 8. The average molecular weight is 312 g/mol. The fraction of sp³-hybridized carbons (Fsp3) is 0.750. The van der Waals surface area contributed by atoms with Crippen molar-refractivity contribution in [3.63, 3.8) is 0 Å². The first kappa shape index (κ1) is 18.6. The molecule has 0 aromatic rings. The highest BCUT2D eigenvalue weighted by Crippen LogP contribution is 2.02. The summed E-state index contributed by atoms with van der Waals surface area (Å²) in [6.07, 6.45) is 1.85. The van der Waals surface area contributed by atoms with Gasteiger partial charge in [0.05, 0.1) is 26.2 Å². The second-order valence-electron chi connectivity index (χ2n) is 5.56. The summed E-state index contributed by atoms with van der Waals surface area (Å²) in [6, 6.07) is 0. The van der Waals surface area contributed by atoms with Crippen LogP contribution in [0.2, 0.25) is 0 Å². The maximum absolute atomic E-state index is 12.3. The van der Waals surface area contributed by atoms with Gasteiger partial charge >= 0.3 is 5.97 Å². The molecule has 1 heterocycles. The third-order valence-corrected chi connectivity index (χ3v) is 3.40. The highest BCUT2D eigenvalue weighted by molar-refractivity contribution is 5.88. The molecular formula is C16H28N2O4. The van der Waals surface area contributed by atoms with Crippen molar-refractivity contribution in [1.82, 2.24) is 9.80 Å². The van der Waals surface area contributed by atoms with Crippen LogP contribution < -0.4 is 0 Å². The fourth-order valence-corrected chi connectivity index (χ4v) is 2.22. The van der Waals surface area contributed by atoms with Crippen LogP contribution in [0.15, 0.2) is 11.6 Å². The maximum atomic E-state index is 12.3. The van der Waals surface area contributed by atoms with Gasteiger partial charge < -0.3 is 14.4 Å². The minimum absolute atomic E-state index is 0.0439. The van der Waals surface area contributed by atoms with Crippen molar-refractivity contribution < 1.29 is 19.1 Å². The Morgan fingerprint density at radius 2 is 1.91 bits per heavy atom. The molecule has 1 amide bonds. The molecule has 22 heavy (non-hydrogen) atoms. The molecule has 6 nitrogen and oxygen atoms in total. The normalized spacial score (nSPS) is 15.2. The van der Waals surface area contributed by atoms with Crippen molar-refractivity contribution in [1.29, 1.82) is 0 Å². The van der Waals surface area contributed by atoms with E-state index in [9.17, 15) is 9.59 Å². The van der Waals surface area contributed by atoms with Gasteiger partial charge in [0.25, 0.3) is 0 Å². The highest BCUT2D eigenvalue weighted by Gasteiger charge is 2.16. The Labute approximate surface area is 133 Å². The number of nitrogens with zero attached hydrogens (tertiary/aromatic N) is 2. The molecule has 0 spiro atoms. The zero-order chi connectivity index (χ0) is 16.4. The zero-order valence-electron chi connectivity index (χ0n) is 14.0. The van der Waals surface area contributed by atoms with E-state index in [1.165, 1.54) is 0 Å². The average Bonchev–Trinajstić information content (AvgIpc) is 2.47. The van der Waals surface area contributed by atoms with Crippen LogP contribution in [-0.4, -0.2) is 74.2 Å². The van der Waals surface area contributed by atoms with Gasteiger partial charge in [0.1, 0.15) is 0 Å². The van der Waals surface area contributed by atoms with E-state index < -0.39 is 0 Å². The molecule has 1 aliphatic rings. The van der Waals surface area contributed by atoms with Crippen LogP contribution in [0.5, 0.6) is 0 Å². The Morgan fingerprint density at radius 3 is 2.50 bits per heavy atom. The third kappa shape index (κ3) is 7.56. The van der Waals surface area contributed by atoms with Gasteiger partial charge in [-0.15, -0.1) is 0 Å². The van der Waals surface area contributed by atoms with Gasteiger partial charge in [0, 0.05) is 38.8 Å². The number of amides is 1. The van der Waals surface area contributed by atoms with Crippen LogP contribution in [0.4, 0.5) is 0 Å². The fourth-order valence-electron chi connectivity index (χ4n) is 2.22. The molecule has 1 saturated heterocycles. The molecule has 0 unspecified atom stereocenters. The Balaban J connectivity index is 2.50. The van der Waals surface area contributed by atoms with Crippen LogP contribution >= 0.6 is 0 Å². The summed E-state index contributed by atoms with van der Waals surface area (Å²) >= 11 is 0. The Bertz CT molecular complexity index is 386. The summed E-state index contributed by atoms with van der Waals surface area (Å²) in [7, 11) is 0. The van der Waals surface area contributed by atoms with Crippen LogP contribution in [0, 0.1) is 0 Å². The molecule has 0 saturated carbocycles. The summed E-state index contributed by atoms with van der Waals surface area (Å²) in [5.41, 5.74) is 0.956. The van der Waals surface area contributed by atoms with E-state index in [2.05, 4.69) is 4.90 Å². The molecule has 6 heteroatoms. The molecule has 1 aliphatic heterocycles. The van der Waals surface area contributed by atoms with Crippen LogP contribution in [0.1, 0.15) is 27.2 Å². The van der Waals surface area contributed by atoms with Crippen molar-refractivity contribution in [3.8, 4) is 0 Å². The lowest BCUT2D eigenvalue weighted by molar-refractivity contribution is -0.143. The lowest BCUT2D eigenvalue weighted by Gasteiger charge is -2.29. The molecule has 0 radical (unpaired) electrons. The van der Waals surface area contributed by atoms with Gasteiger partial charge in [-0.05, 0) is 20.8 Å². The largest absolute Gasteiger partial charge is 0.466 e. The van der Waals surface area contributed by atoms with E-state index in [1.807, 2.05) is 13.8 Å². The summed E-state index contributed by atoms with van der Waals surface area (Å²) < 4.78 is 10.2. The molecule has 0 bridgehead atoms. The number of carbonyl (C=O) groups is 2. The van der Waals surface area contributed by atoms with E-state index in [0.29, 0.717) is 19.7 Å². The first-order valence-corrected chi connectivity index (χ1v) is 7.92. The number of esters is 1. The molecule has 0 aliphatic carbocycles. The standard InChI is InChI=1S/C16H28N2O4/c1-4-22-16(20)5-6-18(15(19)13-14(2)3)8-7-17-9-11-21-12-10-17/h13H,4-12H2,1-3H3. The molecule has 126 valence electrons. The monoisotopic (exact) mass is 312 g/mol. The minimum atomic E-state index is -0.260. The van der Waals surface area contributed by atoms with Gasteiger partial charge in [0.15, 0.2) is 0 Å². The predicted molar refractivity (Wildman–Crippen MR) is 84.5 cm³/mol. The number of ether oxygens (including phenoxy) is 2. The Hall–Kier alpha value is -1.40. The second kappa shape index (κ2) is 10.3. The summed E-state index contributed by atoms with van der Waals surface area (Å²) in [6.45, 7) is 11.0. The molecule has 1 rings (SSSR count). The van der Waals surface area contributed by atoms with Crippen LogP contribution in [-0.2, 0) is 19.1 Å². The summed E-state index contributed by atoms with van der Waals surface area (Å²) in [5.74, 6) is -0.304. The third-order valence-electron chi connectivity index (χ3n) is 3.40. The number of allylic oxidation sites excluding steroid dienone is 1. The highest BCUT2D eigenvalue weighted by atomic mass is 16.5. The zero-order valence-corrected chi connectivity index (χ0v) is 14.0. The first-order chi connectivity index (χ1) is 10.5. The molecule has 0 N–H and O–H groups in total. The van der Waals surface area contributed by atoms with E-state index in [4.69, 9.17) is 9.47 Å². The van der Waals surface area contributed by atoms with Gasteiger partial charge in [0.2, 0.25) is 5.91 Å². The van der Waals surface area contributed by atoms with Crippen molar-refractivity contribution in [3.05, 3.63) is 11.6 Å². The van der Waals surface area contributed by atoms with Gasteiger partial charge in [-0.3, -0.25) is 14.5 Å². The smallest absolute Gasteiger partial charge is 0.307 e. The minimum Gasteiger partial charge on any atom is -0.466 e.